The summed E-state index contributed by atoms with van der Waals surface area (Å²) < 4.78 is 50.8. The Balaban J connectivity index is 0.000000867. The van der Waals surface area contributed by atoms with Gasteiger partial charge in [0.15, 0.2) is 5.78 Å². The first-order valence-corrected chi connectivity index (χ1v) is 12.7. The Kier molecular flexibility index (Phi) is 8.58. The van der Waals surface area contributed by atoms with Gasteiger partial charge in [0.1, 0.15) is 11.5 Å². The zero-order valence-corrected chi connectivity index (χ0v) is 22.0. The molecule has 3 aromatic carbocycles. The summed E-state index contributed by atoms with van der Waals surface area (Å²) >= 11 is 5.98. The monoisotopic (exact) mass is 575 g/mol. The van der Waals surface area contributed by atoms with Gasteiger partial charge >= 0.3 is 12.5 Å². The molecule has 0 unspecified atom stereocenters. The van der Waals surface area contributed by atoms with Crippen molar-refractivity contribution in [1.29, 1.82) is 0 Å². The van der Waals surface area contributed by atoms with Crippen LogP contribution in [0.25, 0.3) is 10.9 Å². The third kappa shape index (κ3) is 7.06. The van der Waals surface area contributed by atoms with E-state index in [4.69, 9.17) is 31.3 Å². The second kappa shape index (κ2) is 11.9. The number of aromatic nitrogens is 1. The minimum absolute atomic E-state index is 0.222. The Bertz CT molecular complexity index is 1520. The summed E-state index contributed by atoms with van der Waals surface area (Å²) in [4.78, 5) is 22.1. The summed E-state index contributed by atoms with van der Waals surface area (Å²) in [6.45, 7) is 2.13. The quantitative estimate of drug-likeness (QED) is 0.217. The van der Waals surface area contributed by atoms with E-state index < -0.39 is 12.5 Å². The number of halogens is 4. The highest BCUT2D eigenvalue weighted by Gasteiger charge is 2.32. The predicted molar refractivity (Wildman–Crippen MR) is 143 cm³/mol. The smallest absolute Gasteiger partial charge is 0.490 e. The number of benzene rings is 3. The van der Waals surface area contributed by atoms with Crippen LogP contribution >= 0.6 is 11.6 Å². The van der Waals surface area contributed by atoms with Crippen molar-refractivity contribution < 1.29 is 42.4 Å². The highest BCUT2D eigenvalue weighted by atomic mass is 35.5. The van der Waals surface area contributed by atoms with Gasteiger partial charge in [0, 0.05) is 34.3 Å². The molecule has 1 aliphatic rings. The Morgan fingerprint density at radius 2 is 1.68 bits per heavy atom. The summed E-state index contributed by atoms with van der Waals surface area (Å²) in [5, 5.41) is 15.0. The summed E-state index contributed by atoms with van der Waals surface area (Å²) in [5.41, 5.74) is 2.87. The maximum Gasteiger partial charge on any atom is 0.573 e. The number of rotatable bonds is 7. The number of ether oxygens (including phenoxy) is 2. The van der Waals surface area contributed by atoms with Crippen LogP contribution in [-0.4, -0.2) is 39.2 Å². The first-order chi connectivity index (χ1) is 18.9. The summed E-state index contributed by atoms with van der Waals surface area (Å²) in [6.07, 6.45) is -3.21. The van der Waals surface area contributed by atoms with Crippen LogP contribution in [0.4, 0.5) is 18.0 Å². The zero-order chi connectivity index (χ0) is 29.0. The maximum atomic E-state index is 13.5. The molecule has 0 amide bonds. The van der Waals surface area contributed by atoms with Crippen LogP contribution in [0.3, 0.4) is 0 Å². The van der Waals surface area contributed by atoms with Crippen molar-refractivity contribution in [2.45, 2.75) is 45.2 Å². The van der Waals surface area contributed by atoms with Gasteiger partial charge in [-0.05, 0) is 80.3 Å². The van der Waals surface area contributed by atoms with Gasteiger partial charge in [0.05, 0.1) is 17.2 Å². The van der Waals surface area contributed by atoms with Gasteiger partial charge in [-0.2, -0.15) is 0 Å². The van der Waals surface area contributed by atoms with Crippen LogP contribution in [-0.2, 0) is 6.54 Å². The molecule has 1 saturated carbocycles. The van der Waals surface area contributed by atoms with Crippen LogP contribution in [0.5, 0.6) is 11.5 Å². The van der Waals surface area contributed by atoms with Crippen molar-refractivity contribution in [3.63, 3.8) is 0 Å². The lowest BCUT2D eigenvalue weighted by Gasteiger charge is -2.26. The van der Waals surface area contributed by atoms with E-state index in [-0.39, 0.29) is 17.6 Å². The third-order valence-corrected chi connectivity index (χ3v) is 6.71. The Morgan fingerprint density at radius 1 is 1.00 bits per heavy atom. The molecule has 0 aliphatic heterocycles. The van der Waals surface area contributed by atoms with Crippen LogP contribution in [0.2, 0.25) is 5.02 Å². The number of hydrogen-bond acceptors (Lipinski definition) is 4. The molecule has 11 heteroatoms. The highest BCUT2D eigenvalue weighted by molar-refractivity contribution is 6.30. The Morgan fingerprint density at radius 3 is 2.27 bits per heavy atom. The first kappa shape index (κ1) is 28.8. The highest BCUT2D eigenvalue weighted by Crippen LogP contribution is 2.34. The molecule has 4 aromatic rings. The molecule has 1 aliphatic carbocycles. The molecule has 0 bridgehead atoms. The molecule has 0 radical (unpaired) electrons. The number of carbonyl (C=O) groups is 2. The number of hydrogen-bond donors (Lipinski definition) is 2. The minimum atomic E-state index is -4.82. The van der Waals surface area contributed by atoms with Gasteiger partial charge in [-0.15, -0.1) is 13.2 Å². The van der Waals surface area contributed by atoms with Crippen LogP contribution in [0.1, 0.15) is 46.4 Å². The fourth-order valence-electron chi connectivity index (χ4n) is 4.47. The van der Waals surface area contributed by atoms with E-state index in [2.05, 4.69) is 4.74 Å². The Labute approximate surface area is 232 Å². The molecule has 0 atom stereocenters. The molecular weight excluding hydrogens is 551 g/mol. The number of carboxylic acid groups (broad SMARTS) is 2. The molecule has 40 heavy (non-hydrogen) atoms. The van der Waals surface area contributed by atoms with Crippen LogP contribution in [0.15, 0.2) is 66.7 Å². The van der Waals surface area contributed by atoms with Gasteiger partial charge in [-0.3, -0.25) is 4.79 Å². The largest absolute Gasteiger partial charge is 0.573 e. The van der Waals surface area contributed by atoms with E-state index in [0.717, 1.165) is 30.6 Å². The fourth-order valence-corrected chi connectivity index (χ4v) is 4.60. The van der Waals surface area contributed by atoms with E-state index in [9.17, 15) is 18.0 Å². The number of fused-ring (bicyclic) bond motifs is 1. The number of alkyl halides is 3. The molecule has 7 nitrogen and oxygen atoms in total. The number of nitrogens with zero attached hydrogens (tertiary/aromatic N) is 1. The van der Waals surface area contributed by atoms with Gasteiger partial charge in [0.2, 0.25) is 0 Å². The van der Waals surface area contributed by atoms with Crippen LogP contribution in [0, 0.1) is 6.92 Å². The van der Waals surface area contributed by atoms with E-state index in [1.54, 1.807) is 31.2 Å². The minimum Gasteiger partial charge on any atom is -0.490 e. The molecule has 0 spiro atoms. The van der Waals surface area contributed by atoms with Crippen molar-refractivity contribution in [2.24, 2.45) is 0 Å². The van der Waals surface area contributed by atoms with Crippen LogP contribution < -0.4 is 9.47 Å². The molecule has 1 aromatic heterocycles. The summed E-state index contributed by atoms with van der Waals surface area (Å²) in [7, 11) is 0. The van der Waals surface area contributed by atoms with Crippen molar-refractivity contribution in [3.05, 3.63) is 94.1 Å². The maximum absolute atomic E-state index is 13.5. The van der Waals surface area contributed by atoms with E-state index in [1.807, 2.05) is 28.8 Å². The zero-order valence-electron chi connectivity index (χ0n) is 21.2. The first-order valence-electron chi connectivity index (χ1n) is 12.3. The average Bonchev–Trinajstić information content (AvgIpc) is 3.11. The van der Waals surface area contributed by atoms with Crippen molar-refractivity contribution in [1.82, 2.24) is 4.57 Å². The van der Waals surface area contributed by atoms with Crippen molar-refractivity contribution in [2.75, 3.05) is 0 Å². The van der Waals surface area contributed by atoms with Gasteiger partial charge < -0.3 is 24.3 Å². The van der Waals surface area contributed by atoms with Gasteiger partial charge in [0.25, 0.3) is 0 Å². The lowest BCUT2D eigenvalue weighted by Crippen LogP contribution is -2.24. The fraction of sp³-hybridized carbons (Fsp3) is 0.241. The standard InChI is InChI=1S/C28H23ClF3NO3.CH2O3/c1-17-26(27(34)19-8-10-20(29)11-9-19)24-13-12-23(36-28(30,31)32)15-25(24)33(17)16-18-4-2-7-22(14-18)35-21-5-3-6-21;2-1(3)4/h2,4,7-15,21H,3,5-6,16H2,1H3;(H2,2,3,4). The molecule has 5 rings (SSSR count). The van der Waals surface area contributed by atoms with E-state index in [0.29, 0.717) is 39.3 Å². The summed E-state index contributed by atoms with van der Waals surface area (Å²) in [6, 6.07) is 18.2. The Hall–Kier alpha value is -4.18. The predicted octanol–water partition coefficient (Wildman–Crippen LogP) is 7.93. The second-order valence-corrected chi connectivity index (χ2v) is 9.65. The molecule has 2 N–H and O–H groups in total. The lowest BCUT2D eigenvalue weighted by atomic mass is 9.96. The van der Waals surface area contributed by atoms with Gasteiger partial charge in [-0.1, -0.05) is 23.7 Å². The number of ketones is 1. The van der Waals surface area contributed by atoms with E-state index in [1.165, 1.54) is 18.2 Å². The molecule has 1 heterocycles. The lowest BCUT2D eigenvalue weighted by molar-refractivity contribution is -0.274. The molecule has 0 saturated heterocycles. The van der Waals surface area contributed by atoms with Crippen molar-refractivity contribution >= 4 is 34.4 Å². The molecule has 210 valence electrons. The van der Waals surface area contributed by atoms with E-state index >= 15 is 0 Å². The summed E-state index contributed by atoms with van der Waals surface area (Å²) in [5.74, 6) is 0.172. The topological polar surface area (TPSA) is 98.0 Å². The normalized spacial score (nSPS) is 13.2. The molecule has 1 fully saturated rings. The van der Waals surface area contributed by atoms with Crippen molar-refractivity contribution in [3.8, 4) is 11.5 Å². The second-order valence-electron chi connectivity index (χ2n) is 9.21. The number of carbonyl (C=O) groups excluding carboxylic acids is 1. The molecular formula is C29H25ClF3NO6. The SMILES string of the molecule is Cc1c(C(=O)c2ccc(Cl)cc2)c2ccc(OC(F)(F)F)cc2n1Cc1cccc(OC2CCC2)c1.O=C(O)O. The average molecular weight is 576 g/mol. The third-order valence-electron chi connectivity index (χ3n) is 6.46. The van der Waals surface area contributed by atoms with Gasteiger partial charge in [-0.25, -0.2) is 4.79 Å².